The number of allylic oxidation sites excluding steroid dienone is 2. The molecule has 3 aromatic rings. The van der Waals surface area contributed by atoms with Gasteiger partial charge in [-0.15, -0.1) is 23.2 Å². The van der Waals surface area contributed by atoms with E-state index in [1.54, 1.807) is 30.3 Å². The molecule has 270 valence electrons. The number of fused-ring (bicyclic) bond motifs is 4. The fourth-order valence-corrected chi connectivity index (χ4v) is 9.03. The van der Waals surface area contributed by atoms with E-state index in [1.807, 2.05) is 0 Å². The molecule has 2 aliphatic heterocycles. The van der Waals surface area contributed by atoms with Crippen molar-refractivity contribution in [3.8, 4) is 17.2 Å². The van der Waals surface area contributed by atoms with E-state index in [9.17, 15) is 37.5 Å². The molecule has 4 aliphatic rings. The van der Waals surface area contributed by atoms with Gasteiger partial charge in [-0.2, -0.15) is 0 Å². The van der Waals surface area contributed by atoms with Crippen LogP contribution in [0.1, 0.15) is 29.9 Å². The highest BCUT2D eigenvalue weighted by Gasteiger charge is 2.77. The highest BCUT2D eigenvalue weighted by atomic mass is 35.5. The van der Waals surface area contributed by atoms with Crippen LogP contribution in [-0.4, -0.2) is 52.7 Å². The van der Waals surface area contributed by atoms with Crippen LogP contribution < -0.4 is 19.3 Å². The maximum absolute atomic E-state index is 15.3. The molecule has 3 fully saturated rings. The molecular weight excluding hydrogens is 738 g/mol. The number of carbonyl (C=O) groups excluding carboxylic acids is 4. The third-order valence-electron chi connectivity index (χ3n) is 10.4. The summed E-state index contributed by atoms with van der Waals surface area (Å²) in [6, 6.07) is 8.60. The molecule has 52 heavy (non-hydrogen) atoms. The molecule has 0 spiro atoms. The largest absolute Gasteiger partial charge is 0.508 e. The van der Waals surface area contributed by atoms with E-state index in [0.717, 1.165) is 17.0 Å². The number of phenols is 1. The zero-order chi connectivity index (χ0) is 37.8. The molecule has 4 amide bonds. The van der Waals surface area contributed by atoms with Crippen LogP contribution in [0.15, 0.2) is 54.6 Å². The van der Waals surface area contributed by atoms with Crippen LogP contribution in [0.5, 0.6) is 17.2 Å². The van der Waals surface area contributed by atoms with Crippen molar-refractivity contribution in [2.45, 2.75) is 28.5 Å². The Morgan fingerprint density at radius 2 is 1.38 bits per heavy atom. The first-order chi connectivity index (χ1) is 24.6. The molecule has 6 atom stereocenters. The van der Waals surface area contributed by atoms with Crippen molar-refractivity contribution in [3.63, 3.8) is 0 Å². The van der Waals surface area contributed by atoms with Crippen molar-refractivity contribution in [3.05, 3.63) is 94.8 Å². The molecule has 0 aromatic heterocycles. The third-order valence-corrected chi connectivity index (χ3v) is 11.8. The van der Waals surface area contributed by atoms with Gasteiger partial charge in [0.05, 0.1) is 31.7 Å². The summed E-state index contributed by atoms with van der Waals surface area (Å²) < 4.78 is 84.8. The average Bonchev–Trinajstić information content (AvgIpc) is 3.47. The maximum atomic E-state index is 15.3. The highest BCUT2D eigenvalue weighted by Crippen LogP contribution is 2.68. The molecule has 0 radical (unpaired) electrons. The van der Waals surface area contributed by atoms with Gasteiger partial charge in [-0.25, -0.2) is 26.9 Å². The summed E-state index contributed by atoms with van der Waals surface area (Å²) in [6.07, 6.45) is 2.34. The molecule has 7 rings (SSSR count). The molecule has 0 bridgehead atoms. The lowest BCUT2D eigenvalue weighted by Gasteiger charge is -2.51. The molecule has 2 aliphatic carbocycles. The van der Waals surface area contributed by atoms with E-state index in [0.29, 0.717) is 5.56 Å². The second kappa shape index (κ2) is 12.1. The van der Waals surface area contributed by atoms with E-state index in [2.05, 4.69) is 6.58 Å². The highest BCUT2D eigenvalue weighted by molar-refractivity contribution is 6.58. The number of aromatic hydroxyl groups is 1. The number of methoxy groups -OCH3 is 2. The quantitative estimate of drug-likeness (QED) is 0.0761. The van der Waals surface area contributed by atoms with Gasteiger partial charge in [0.15, 0.2) is 33.0 Å². The lowest BCUT2D eigenvalue weighted by Crippen LogP contribution is -2.60. The lowest BCUT2D eigenvalue weighted by molar-refractivity contribution is -0.125. The molecule has 3 aromatic carbocycles. The Hall–Kier alpha value is -4.95. The van der Waals surface area contributed by atoms with Crippen LogP contribution in [0.2, 0.25) is 0 Å². The molecule has 9 nitrogen and oxygen atoms in total. The first kappa shape index (κ1) is 35.5. The van der Waals surface area contributed by atoms with Gasteiger partial charge in [0.1, 0.15) is 22.9 Å². The normalized spacial score (nSPS) is 28.1. The van der Waals surface area contributed by atoms with Gasteiger partial charge in [-0.3, -0.25) is 24.1 Å². The summed E-state index contributed by atoms with van der Waals surface area (Å²) in [4.78, 5) is 52.3. The number of nitrogens with zero attached hydrogens (tertiary/aromatic N) is 2. The number of anilines is 2. The number of rotatable bonds is 6. The van der Waals surface area contributed by atoms with Crippen molar-refractivity contribution in [2.75, 3.05) is 24.0 Å². The first-order valence-electron chi connectivity index (χ1n) is 15.6. The fourth-order valence-electron chi connectivity index (χ4n) is 8.11. The Morgan fingerprint density at radius 1 is 0.827 bits per heavy atom. The molecule has 2 saturated heterocycles. The molecule has 2 heterocycles. The number of hydrogen-bond donors (Lipinski definition) is 1. The number of ether oxygens (including phenoxy) is 2. The number of imide groups is 2. The number of alkyl halides is 2. The first-order valence-corrected chi connectivity index (χ1v) is 16.4. The van der Waals surface area contributed by atoms with E-state index in [-0.39, 0.29) is 45.4 Å². The zero-order valence-electron chi connectivity index (χ0n) is 27.0. The average molecular weight is 763 g/mol. The number of hydrogen-bond acceptors (Lipinski definition) is 7. The molecule has 6 unspecified atom stereocenters. The minimum absolute atomic E-state index is 0.0761. The zero-order valence-corrected chi connectivity index (χ0v) is 28.5. The summed E-state index contributed by atoms with van der Waals surface area (Å²) in [6.45, 7) is 3.69. The second-order valence-electron chi connectivity index (χ2n) is 12.8. The number of benzene rings is 3. The second-order valence-corrected chi connectivity index (χ2v) is 14.0. The van der Waals surface area contributed by atoms with Crippen LogP contribution in [-0.2, 0) is 19.2 Å². The molecular formula is C36H25Cl2F5N2O7. The van der Waals surface area contributed by atoms with Crippen molar-refractivity contribution >= 4 is 64.3 Å². The molecule has 1 saturated carbocycles. The van der Waals surface area contributed by atoms with Gasteiger partial charge in [0.2, 0.25) is 17.6 Å². The van der Waals surface area contributed by atoms with Crippen LogP contribution in [0.3, 0.4) is 0 Å². The Bertz CT molecular complexity index is 2130. The monoisotopic (exact) mass is 762 g/mol. The Labute approximate surface area is 301 Å². The van der Waals surface area contributed by atoms with Crippen LogP contribution in [0.25, 0.3) is 6.08 Å². The predicted octanol–water partition coefficient (Wildman–Crippen LogP) is 6.52. The van der Waals surface area contributed by atoms with E-state index < -0.39 is 98.2 Å². The Balaban J connectivity index is 1.47. The third kappa shape index (κ3) is 4.46. The van der Waals surface area contributed by atoms with Gasteiger partial charge in [0.25, 0.3) is 11.8 Å². The number of phenolic OH excluding ortho intramolecular Hbond substituents is 1. The summed E-state index contributed by atoms with van der Waals surface area (Å²) in [7, 11) is 2.38. The van der Waals surface area contributed by atoms with Crippen molar-refractivity contribution in [1.29, 1.82) is 0 Å². The van der Waals surface area contributed by atoms with Crippen LogP contribution in [0, 0.1) is 46.8 Å². The van der Waals surface area contributed by atoms with Crippen molar-refractivity contribution in [2.24, 2.45) is 17.8 Å². The Morgan fingerprint density at radius 3 is 1.92 bits per heavy atom. The van der Waals surface area contributed by atoms with E-state index >= 15 is 8.78 Å². The number of amides is 4. The topological polar surface area (TPSA) is 113 Å². The predicted molar refractivity (Wildman–Crippen MR) is 177 cm³/mol. The Kier molecular flexibility index (Phi) is 8.22. The van der Waals surface area contributed by atoms with Crippen LogP contribution in [0.4, 0.5) is 33.3 Å². The smallest absolute Gasteiger partial charge is 0.258 e. The SMILES string of the molecule is C=Cc1ccc(N2C(=O)C3CC=C4C(CC5(Cl)C(=O)N(c6c(F)c(F)c(F)c(F)c6F)C(=O)C5(Cl)C4c4c(OC)cc(O)cc4OC)C3C2=O)cc1. The van der Waals surface area contributed by atoms with Gasteiger partial charge >= 0.3 is 0 Å². The van der Waals surface area contributed by atoms with Gasteiger partial charge in [-0.05, 0) is 36.5 Å². The summed E-state index contributed by atoms with van der Waals surface area (Å²) in [5.41, 5.74) is -0.879. The summed E-state index contributed by atoms with van der Waals surface area (Å²) >= 11 is 14.4. The van der Waals surface area contributed by atoms with Gasteiger partial charge < -0.3 is 14.6 Å². The number of halogens is 7. The number of carbonyl (C=O) groups is 4. The minimum Gasteiger partial charge on any atom is -0.508 e. The lowest BCUT2D eigenvalue weighted by atomic mass is 9.56. The minimum atomic E-state index is -2.82. The standard InChI is InChI=1S/C36H25Cl2F5N2O7/c1-4-14-5-7-15(8-6-14)44-31(47)18-10-9-17-19(22(18)32(44)48)13-35(37)33(49)45(30-28(42)26(40)25(39)27(41)29(30)43)34(50)36(35,38)24(17)23-20(51-2)11-16(46)12-21(23)52-3/h4-9,11-12,18-19,22,24,46H,1,10,13H2,2-3H3. The van der Waals surface area contributed by atoms with Gasteiger partial charge in [-0.1, -0.05) is 36.4 Å². The van der Waals surface area contributed by atoms with Gasteiger partial charge in [0, 0.05) is 23.6 Å². The van der Waals surface area contributed by atoms with E-state index in [1.165, 1.54) is 20.3 Å². The molecule has 1 N–H and O–H groups in total. The fraction of sp³-hybridized carbons (Fsp3) is 0.278. The summed E-state index contributed by atoms with van der Waals surface area (Å²) in [5.74, 6) is -22.7. The van der Waals surface area contributed by atoms with Crippen molar-refractivity contribution < 1.29 is 55.7 Å². The maximum Gasteiger partial charge on any atom is 0.258 e. The van der Waals surface area contributed by atoms with E-state index in [4.69, 9.17) is 32.7 Å². The summed E-state index contributed by atoms with van der Waals surface area (Å²) in [5, 5.41) is 10.5. The van der Waals surface area contributed by atoms with Crippen LogP contribution >= 0.6 is 23.2 Å². The molecule has 16 heteroatoms. The van der Waals surface area contributed by atoms with Crippen molar-refractivity contribution in [1.82, 2.24) is 0 Å².